The summed E-state index contributed by atoms with van der Waals surface area (Å²) in [7, 11) is 0. The van der Waals surface area contributed by atoms with Crippen molar-refractivity contribution in [2.75, 3.05) is 6.54 Å². The maximum absolute atomic E-state index is 9.96. The van der Waals surface area contributed by atoms with E-state index in [-0.39, 0.29) is 6.04 Å². The molecule has 1 aromatic heterocycles. The lowest BCUT2D eigenvalue weighted by Crippen LogP contribution is -2.28. The Hall–Kier alpha value is -0.710. The van der Waals surface area contributed by atoms with Crippen LogP contribution in [-0.2, 0) is 6.42 Å². The van der Waals surface area contributed by atoms with Crippen molar-refractivity contribution in [3.05, 3.63) is 28.2 Å². The van der Waals surface area contributed by atoms with Crippen molar-refractivity contribution in [1.82, 2.24) is 10.3 Å². The second-order valence-electron chi connectivity index (χ2n) is 3.33. The number of hydrogen-bond acceptors (Lipinski definition) is 4. The van der Waals surface area contributed by atoms with Crippen LogP contribution in [0.15, 0.2) is 18.3 Å². The highest BCUT2D eigenvalue weighted by Gasteiger charge is 2.22. The molecule has 1 aliphatic rings. The number of thiazole rings is 1. The molecule has 1 aromatic rings. The first-order valence-corrected chi connectivity index (χ1v) is 5.65. The van der Waals surface area contributed by atoms with Gasteiger partial charge >= 0.3 is 0 Å². The van der Waals surface area contributed by atoms with Crippen LogP contribution in [0.3, 0.4) is 0 Å². The van der Waals surface area contributed by atoms with Crippen molar-refractivity contribution in [3.8, 4) is 0 Å². The highest BCUT2D eigenvalue weighted by Crippen LogP contribution is 2.24. The minimum absolute atomic E-state index is 0.0332. The fraction of sp³-hybridized carbons (Fsp3) is 0.500. The van der Waals surface area contributed by atoms with E-state index in [0.717, 1.165) is 18.0 Å². The molecule has 0 saturated heterocycles. The van der Waals surface area contributed by atoms with Gasteiger partial charge in [0.15, 0.2) is 0 Å². The second kappa shape index (κ2) is 4.21. The van der Waals surface area contributed by atoms with Gasteiger partial charge in [-0.15, -0.1) is 11.3 Å². The zero-order chi connectivity index (χ0) is 9.97. The van der Waals surface area contributed by atoms with Crippen molar-refractivity contribution >= 4 is 11.3 Å². The lowest BCUT2D eigenvalue weighted by Gasteiger charge is -2.14. The van der Waals surface area contributed by atoms with Gasteiger partial charge in [0, 0.05) is 17.6 Å². The van der Waals surface area contributed by atoms with Gasteiger partial charge in [-0.1, -0.05) is 19.1 Å². The predicted octanol–water partition coefficient (Wildman–Crippen LogP) is 1.27. The third kappa shape index (κ3) is 1.87. The van der Waals surface area contributed by atoms with Gasteiger partial charge in [0.25, 0.3) is 0 Å². The summed E-state index contributed by atoms with van der Waals surface area (Å²) >= 11 is 1.59. The molecular weight excluding hydrogens is 196 g/mol. The van der Waals surface area contributed by atoms with E-state index in [2.05, 4.69) is 17.2 Å². The molecule has 0 radical (unpaired) electrons. The summed E-state index contributed by atoms with van der Waals surface area (Å²) in [5.74, 6) is 0. The lowest BCUT2D eigenvalue weighted by atomic mass is 10.2. The van der Waals surface area contributed by atoms with Crippen molar-refractivity contribution in [1.29, 1.82) is 0 Å². The van der Waals surface area contributed by atoms with E-state index < -0.39 is 6.10 Å². The molecule has 1 aliphatic heterocycles. The van der Waals surface area contributed by atoms with Gasteiger partial charge in [-0.05, 0) is 6.42 Å². The number of aliphatic hydroxyl groups is 1. The molecule has 0 saturated carbocycles. The van der Waals surface area contributed by atoms with E-state index in [1.165, 1.54) is 4.88 Å². The predicted molar refractivity (Wildman–Crippen MR) is 57.4 cm³/mol. The molecule has 0 bridgehead atoms. The highest BCUT2D eigenvalue weighted by molar-refractivity contribution is 7.11. The number of nitrogens with zero attached hydrogens (tertiary/aromatic N) is 1. The maximum Gasteiger partial charge on any atom is 0.124 e. The molecule has 2 N–H and O–H groups in total. The summed E-state index contributed by atoms with van der Waals surface area (Å²) in [5, 5.41) is 14.0. The SMILES string of the molecule is CCc1cnc(C(O)C2C=CCN2)s1. The van der Waals surface area contributed by atoms with Crippen LogP contribution in [0.5, 0.6) is 0 Å². The average molecular weight is 210 g/mol. The summed E-state index contributed by atoms with van der Waals surface area (Å²) in [5.41, 5.74) is 0. The van der Waals surface area contributed by atoms with Gasteiger partial charge in [-0.2, -0.15) is 0 Å². The average Bonchev–Trinajstić information content (AvgIpc) is 2.88. The highest BCUT2D eigenvalue weighted by atomic mass is 32.1. The molecule has 2 rings (SSSR count). The fourth-order valence-electron chi connectivity index (χ4n) is 1.48. The Morgan fingerprint density at radius 2 is 2.64 bits per heavy atom. The molecule has 0 fully saturated rings. The molecule has 76 valence electrons. The maximum atomic E-state index is 9.96. The minimum atomic E-state index is -0.501. The van der Waals surface area contributed by atoms with Gasteiger partial charge in [0.1, 0.15) is 11.1 Å². The van der Waals surface area contributed by atoms with Gasteiger partial charge in [-0.3, -0.25) is 0 Å². The molecule has 2 unspecified atom stereocenters. The van der Waals surface area contributed by atoms with Crippen molar-refractivity contribution in [2.24, 2.45) is 0 Å². The Bertz CT molecular complexity index is 335. The largest absolute Gasteiger partial charge is 0.384 e. The van der Waals surface area contributed by atoms with Crippen LogP contribution in [0.4, 0.5) is 0 Å². The van der Waals surface area contributed by atoms with Gasteiger partial charge in [0.2, 0.25) is 0 Å². The van der Waals surface area contributed by atoms with Crippen molar-refractivity contribution < 1.29 is 5.11 Å². The topological polar surface area (TPSA) is 45.2 Å². The Kier molecular flexibility index (Phi) is 2.96. The summed E-state index contributed by atoms with van der Waals surface area (Å²) in [6.45, 7) is 2.94. The van der Waals surface area contributed by atoms with E-state index in [1.807, 2.05) is 18.3 Å². The van der Waals surface area contributed by atoms with Gasteiger partial charge in [-0.25, -0.2) is 4.98 Å². The third-order valence-electron chi connectivity index (χ3n) is 2.33. The summed E-state index contributed by atoms with van der Waals surface area (Å²) in [6, 6.07) is 0.0332. The van der Waals surface area contributed by atoms with Crippen LogP contribution in [0.2, 0.25) is 0 Å². The monoisotopic (exact) mass is 210 g/mol. The molecule has 0 amide bonds. The number of nitrogens with one attached hydrogen (secondary N) is 1. The van der Waals surface area contributed by atoms with Crippen molar-refractivity contribution in [2.45, 2.75) is 25.5 Å². The van der Waals surface area contributed by atoms with E-state index in [0.29, 0.717) is 0 Å². The lowest BCUT2D eigenvalue weighted by molar-refractivity contribution is 0.152. The molecule has 0 aromatic carbocycles. The van der Waals surface area contributed by atoms with Crippen molar-refractivity contribution in [3.63, 3.8) is 0 Å². The Labute approximate surface area is 87.5 Å². The number of aryl methyl sites for hydroxylation is 1. The van der Waals surface area contributed by atoms with Gasteiger partial charge in [0.05, 0.1) is 6.04 Å². The number of aliphatic hydroxyl groups excluding tert-OH is 1. The Morgan fingerprint density at radius 3 is 3.21 bits per heavy atom. The first-order valence-electron chi connectivity index (χ1n) is 4.84. The van der Waals surface area contributed by atoms with Crippen LogP contribution in [-0.4, -0.2) is 22.7 Å². The van der Waals surface area contributed by atoms with Crippen LogP contribution < -0.4 is 5.32 Å². The van der Waals surface area contributed by atoms with E-state index >= 15 is 0 Å². The number of hydrogen-bond donors (Lipinski definition) is 2. The Balaban J connectivity index is 2.09. The minimum Gasteiger partial charge on any atom is -0.384 e. The van der Waals surface area contributed by atoms with Crippen LogP contribution in [0.1, 0.15) is 22.9 Å². The van der Waals surface area contributed by atoms with Gasteiger partial charge < -0.3 is 10.4 Å². The molecule has 2 atom stereocenters. The molecule has 4 heteroatoms. The summed E-state index contributed by atoms with van der Waals surface area (Å²) in [4.78, 5) is 5.45. The third-order valence-corrected chi connectivity index (χ3v) is 3.54. The molecular formula is C10H14N2OS. The first kappa shape index (κ1) is 9.83. The second-order valence-corrected chi connectivity index (χ2v) is 4.47. The van der Waals surface area contributed by atoms with E-state index in [9.17, 15) is 5.11 Å². The molecule has 2 heterocycles. The van der Waals surface area contributed by atoms with Crippen LogP contribution >= 0.6 is 11.3 Å². The summed E-state index contributed by atoms with van der Waals surface area (Å²) in [6.07, 6.45) is 6.36. The van der Waals surface area contributed by atoms with Crippen LogP contribution in [0.25, 0.3) is 0 Å². The van der Waals surface area contributed by atoms with Crippen LogP contribution in [0, 0.1) is 0 Å². The quantitative estimate of drug-likeness (QED) is 0.738. The zero-order valence-electron chi connectivity index (χ0n) is 8.10. The molecule has 3 nitrogen and oxygen atoms in total. The standard InChI is InChI=1S/C10H14N2OS/c1-2-7-6-12-10(14-7)9(13)8-4-3-5-11-8/h3-4,6,8-9,11,13H,2,5H2,1H3. The summed E-state index contributed by atoms with van der Waals surface area (Å²) < 4.78 is 0. The number of aromatic nitrogens is 1. The smallest absolute Gasteiger partial charge is 0.124 e. The molecule has 0 spiro atoms. The fourth-order valence-corrected chi connectivity index (χ4v) is 2.37. The Morgan fingerprint density at radius 1 is 1.79 bits per heavy atom. The van der Waals surface area contributed by atoms with E-state index in [4.69, 9.17) is 0 Å². The molecule has 14 heavy (non-hydrogen) atoms. The normalized spacial score (nSPS) is 22.9. The molecule has 0 aliphatic carbocycles. The zero-order valence-corrected chi connectivity index (χ0v) is 8.92. The first-order chi connectivity index (χ1) is 6.81. The van der Waals surface area contributed by atoms with E-state index in [1.54, 1.807) is 11.3 Å². The number of rotatable bonds is 3.